The van der Waals surface area contributed by atoms with Crippen LogP contribution < -0.4 is 10.1 Å². The molecule has 2 saturated carbocycles. The number of phenolic OH excluding ortho intramolecular Hbond substituents is 1. The van der Waals surface area contributed by atoms with Gasteiger partial charge in [0.2, 0.25) is 5.91 Å². The summed E-state index contributed by atoms with van der Waals surface area (Å²) in [5.74, 6) is 0.769. The second-order valence-corrected chi connectivity index (χ2v) is 12.4. The number of hydrogen-bond donors (Lipinski definition) is 3. The molecule has 6 atom stereocenters. The minimum absolute atomic E-state index is 0.0987. The molecule has 1 amide bonds. The van der Waals surface area contributed by atoms with Gasteiger partial charge in [-0.2, -0.15) is 0 Å². The van der Waals surface area contributed by atoms with E-state index in [9.17, 15) is 15.0 Å². The topological polar surface area (TPSA) is 82.0 Å². The Bertz CT molecular complexity index is 1320. The van der Waals surface area contributed by atoms with Gasteiger partial charge in [-0.3, -0.25) is 9.69 Å². The van der Waals surface area contributed by atoms with Crippen molar-refractivity contribution < 1.29 is 19.7 Å². The van der Waals surface area contributed by atoms with Crippen molar-refractivity contribution in [2.75, 3.05) is 19.6 Å². The third-order valence-electron chi connectivity index (χ3n) is 10.7. The van der Waals surface area contributed by atoms with E-state index >= 15 is 0 Å². The number of fused-ring (bicyclic) bond motifs is 1. The number of amides is 1. The Morgan fingerprint density at radius 2 is 1.97 bits per heavy atom. The van der Waals surface area contributed by atoms with Crippen molar-refractivity contribution in [2.45, 2.75) is 61.7 Å². The van der Waals surface area contributed by atoms with Gasteiger partial charge in [0.25, 0.3) is 0 Å². The Kier molecular flexibility index (Phi) is 4.43. The van der Waals surface area contributed by atoms with Crippen LogP contribution >= 0.6 is 0 Å². The molecule has 7 aliphatic rings. The largest absolute Gasteiger partial charge is 0.504 e. The fourth-order valence-corrected chi connectivity index (χ4v) is 8.88. The van der Waals surface area contributed by atoms with Crippen molar-refractivity contribution in [3.63, 3.8) is 0 Å². The zero-order valence-corrected chi connectivity index (χ0v) is 21.0. The average Bonchev–Trinajstić information content (AvgIpc) is 3.64. The maximum absolute atomic E-state index is 13.7. The molecular weight excluding hydrogens is 464 g/mol. The number of nitrogens with zero attached hydrogens (tertiary/aromatic N) is 1. The second-order valence-electron chi connectivity index (χ2n) is 12.4. The zero-order chi connectivity index (χ0) is 25.0. The Morgan fingerprint density at radius 3 is 2.78 bits per heavy atom. The summed E-state index contributed by atoms with van der Waals surface area (Å²) in [7, 11) is 0. The minimum Gasteiger partial charge on any atom is -0.504 e. The quantitative estimate of drug-likeness (QED) is 0.534. The van der Waals surface area contributed by atoms with Crippen LogP contribution in [0.3, 0.4) is 0 Å². The van der Waals surface area contributed by atoms with E-state index in [0.717, 1.165) is 43.8 Å². The van der Waals surface area contributed by atoms with E-state index < -0.39 is 23.0 Å². The van der Waals surface area contributed by atoms with E-state index in [2.05, 4.69) is 34.5 Å². The smallest absolute Gasteiger partial charge is 0.226 e. The number of aromatic hydroxyl groups is 1. The molecule has 2 aromatic rings. The van der Waals surface area contributed by atoms with E-state index in [1.54, 1.807) is 6.07 Å². The van der Waals surface area contributed by atoms with Crippen molar-refractivity contribution >= 4 is 5.91 Å². The molecule has 37 heavy (non-hydrogen) atoms. The molecule has 9 rings (SSSR count). The lowest BCUT2D eigenvalue weighted by molar-refractivity contribution is -0.206. The summed E-state index contributed by atoms with van der Waals surface area (Å²) in [6, 6.07) is 14.2. The molecule has 3 N–H and O–H groups in total. The summed E-state index contributed by atoms with van der Waals surface area (Å²) in [5, 5.41) is 26.3. The van der Waals surface area contributed by atoms with Gasteiger partial charge in [0.05, 0.1) is 11.3 Å². The van der Waals surface area contributed by atoms with E-state index in [-0.39, 0.29) is 23.1 Å². The van der Waals surface area contributed by atoms with Gasteiger partial charge in [-0.1, -0.05) is 48.6 Å². The summed E-state index contributed by atoms with van der Waals surface area (Å²) in [4.78, 5) is 16.4. The molecule has 2 spiro atoms. The lowest BCUT2D eigenvalue weighted by atomic mass is 9.37. The number of rotatable bonds is 6. The lowest BCUT2D eigenvalue weighted by Crippen LogP contribution is -2.80. The molecule has 6 nitrogen and oxygen atoms in total. The molecule has 3 fully saturated rings. The highest BCUT2D eigenvalue weighted by atomic mass is 16.5. The van der Waals surface area contributed by atoms with Gasteiger partial charge in [-0.15, -0.1) is 0 Å². The van der Waals surface area contributed by atoms with E-state index in [1.165, 1.54) is 24.0 Å². The first-order chi connectivity index (χ1) is 18.0. The second kappa shape index (κ2) is 7.39. The lowest BCUT2D eigenvalue weighted by Gasteiger charge is -2.70. The molecule has 0 unspecified atom stereocenters. The van der Waals surface area contributed by atoms with Crippen molar-refractivity contribution in [3.8, 4) is 11.5 Å². The molecule has 0 aromatic heterocycles. The van der Waals surface area contributed by atoms with Crippen molar-refractivity contribution in [3.05, 3.63) is 71.3 Å². The number of phenols is 1. The Balaban J connectivity index is 1.19. The molecule has 2 aromatic carbocycles. The van der Waals surface area contributed by atoms with Crippen LogP contribution in [0.5, 0.6) is 11.5 Å². The van der Waals surface area contributed by atoms with Crippen LogP contribution in [0.15, 0.2) is 54.6 Å². The summed E-state index contributed by atoms with van der Waals surface area (Å²) in [6.07, 6.45) is 9.32. The molecule has 6 heteroatoms. The fraction of sp³-hybridized carbons (Fsp3) is 0.516. The first-order valence-corrected chi connectivity index (χ1v) is 14.0. The highest BCUT2D eigenvalue weighted by molar-refractivity contribution is 5.82. The number of likely N-dealkylation sites (tertiary alicyclic amines) is 1. The predicted octanol–water partition coefficient (Wildman–Crippen LogP) is 3.10. The summed E-state index contributed by atoms with van der Waals surface area (Å²) < 4.78 is 6.57. The maximum Gasteiger partial charge on any atom is 0.226 e. The number of hydrogen-bond acceptors (Lipinski definition) is 5. The maximum atomic E-state index is 13.7. The fourth-order valence-electron chi connectivity index (χ4n) is 8.88. The normalized spacial score (nSPS) is 38.2. The Labute approximate surface area is 217 Å². The Hall–Kier alpha value is -2.83. The van der Waals surface area contributed by atoms with Gasteiger partial charge in [0.1, 0.15) is 11.7 Å². The van der Waals surface area contributed by atoms with Crippen molar-refractivity contribution in [2.24, 2.45) is 17.3 Å². The highest BCUT2D eigenvalue weighted by Crippen LogP contribution is 2.74. The number of ether oxygens (including phenoxy) is 1. The van der Waals surface area contributed by atoms with E-state index in [0.29, 0.717) is 18.7 Å². The minimum atomic E-state index is -1.41. The molecule has 192 valence electrons. The van der Waals surface area contributed by atoms with Crippen LogP contribution in [-0.2, 0) is 23.1 Å². The molecule has 0 radical (unpaired) electrons. The molecular formula is C31H34N2O4. The van der Waals surface area contributed by atoms with E-state index in [4.69, 9.17) is 4.74 Å². The van der Waals surface area contributed by atoms with Crippen LogP contribution in [0.2, 0.25) is 0 Å². The summed E-state index contributed by atoms with van der Waals surface area (Å²) in [6.45, 7) is 2.61. The monoisotopic (exact) mass is 498 g/mol. The zero-order valence-electron chi connectivity index (χ0n) is 21.0. The molecule has 2 heterocycles. The van der Waals surface area contributed by atoms with Gasteiger partial charge in [-0.25, -0.2) is 0 Å². The third-order valence-corrected chi connectivity index (χ3v) is 10.7. The molecule has 1 saturated heterocycles. The SMILES string of the molecule is O=C(NCCc1ccccc1)[C@@H]1C[C@@]23C=C[C@@]1(O)[C@@H]1Oc4c(O)ccc5c4[C@@]12CCN(CC1CC1)[C@@H]3C5. The third kappa shape index (κ3) is 2.75. The van der Waals surface area contributed by atoms with E-state index in [1.807, 2.05) is 24.3 Å². The molecule has 2 aliphatic heterocycles. The average molecular weight is 499 g/mol. The van der Waals surface area contributed by atoms with Gasteiger partial charge < -0.3 is 20.3 Å². The van der Waals surface area contributed by atoms with Gasteiger partial charge >= 0.3 is 0 Å². The molecule has 4 bridgehead atoms. The number of piperidine rings is 1. The number of carbonyl (C=O) groups excluding carboxylic acids is 1. The highest BCUT2D eigenvalue weighted by Gasteiger charge is 2.79. The summed E-state index contributed by atoms with van der Waals surface area (Å²) >= 11 is 0. The standard InChI is InChI=1S/C31H34N2O4/c34-23-9-8-21-16-24-29-11-12-31(36,22(17-29)27(35)32-14-10-19-4-2-1-3-5-19)28-30(29,25(21)26(23)37-28)13-15-33(24)18-20-6-7-20/h1-5,8-9,11-12,20,22,24,28,34,36H,6-7,10,13-18H2,(H,32,35)/t22-,24+,28+,29+,30-,31-/m0/s1. The Morgan fingerprint density at radius 1 is 1.14 bits per heavy atom. The van der Waals surface area contributed by atoms with Crippen LogP contribution in [-0.4, -0.2) is 58.4 Å². The van der Waals surface area contributed by atoms with Crippen LogP contribution in [0.4, 0.5) is 0 Å². The van der Waals surface area contributed by atoms with Gasteiger partial charge in [-0.05, 0) is 68.2 Å². The van der Waals surface area contributed by atoms with Gasteiger partial charge in [0.15, 0.2) is 11.5 Å². The van der Waals surface area contributed by atoms with Crippen molar-refractivity contribution in [1.82, 2.24) is 10.2 Å². The first kappa shape index (κ1) is 22.2. The van der Waals surface area contributed by atoms with Crippen LogP contribution in [0.25, 0.3) is 0 Å². The van der Waals surface area contributed by atoms with Crippen LogP contribution in [0, 0.1) is 17.3 Å². The summed E-state index contributed by atoms with van der Waals surface area (Å²) in [5.41, 5.74) is 1.39. The number of aliphatic hydroxyl groups is 1. The first-order valence-electron chi connectivity index (χ1n) is 14.0. The van der Waals surface area contributed by atoms with Crippen LogP contribution in [0.1, 0.15) is 42.4 Å². The number of nitrogens with one attached hydrogen (secondary N) is 1. The van der Waals surface area contributed by atoms with Gasteiger partial charge in [0, 0.05) is 30.1 Å². The number of benzene rings is 2. The van der Waals surface area contributed by atoms with Crippen molar-refractivity contribution in [1.29, 1.82) is 0 Å². The number of carbonyl (C=O) groups is 1. The molecule has 5 aliphatic carbocycles. The predicted molar refractivity (Wildman–Crippen MR) is 138 cm³/mol.